The Morgan fingerprint density at radius 2 is 1.85 bits per heavy atom. The minimum Gasteiger partial charge on any atom is -0.327 e. The van der Waals surface area contributed by atoms with E-state index in [1.54, 1.807) is 0 Å². The zero-order valence-corrected chi connectivity index (χ0v) is 8.11. The molecule has 0 aliphatic heterocycles. The molecule has 1 aromatic carbocycles. The fourth-order valence-electron chi connectivity index (χ4n) is 2.37. The van der Waals surface area contributed by atoms with Gasteiger partial charge in [-0.2, -0.15) is 0 Å². The van der Waals surface area contributed by atoms with Crippen molar-refractivity contribution in [3.05, 3.63) is 35.9 Å². The van der Waals surface area contributed by atoms with Gasteiger partial charge in [-0.1, -0.05) is 37.3 Å². The number of hydrogen-bond acceptors (Lipinski definition) is 1. The minimum absolute atomic E-state index is 0.408. The SMILES string of the molecule is CC1C(N)CCC1c1ccccc1. The van der Waals surface area contributed by atoms with E-state index in [1.807, 2.05) is 0 Å². The highest BCUT2D eigenvalue weighted by Crippen LogP contribution is 2.38. The lowest BCUT2D eigenvalue weighted by Crippen LogP contribution is -2.24. The summed E-state index contributed by atoms with van der Waals surface area (Å²) in [5.74, 6) is 1.33. The van der Waals surface area contributed by atoms with E-state index in [9.17, 15) is 0 Å². The van der Waals surface area contributed by atoms with E-state index in [-0.39, 0.29) is 0 Å². The Morgan fingerprint density at radius 1 is 1.15 bits per heavy atom. The summed E-state index contributed by atoms with van der Waals surface area (Å²) < 4.78 is 0. The van der Waals surface area contributed by atoms with Crippen LogP contribution in [0.3, 0.4) is 0 Å². The molecule has 3 unspecified atom stereocenters. The normalized spacial score (nSPS) is 33.5. The van der Waals surface area contributed by atoms with Crippen LogP contribution in [0.1, 0.15) is 31.2 Å². The van der Waals surface area contributed by atoms with Crippen LogP contribution in [0.4, 0.5) is 0 Å². The third kappa shape index (κ3) is 1.61. The van der Waals surface area contributed by atoms with E-state index >= 15 is 0 Å². The first kappa shape index (κ1) is 8.76. The van der Waals surface area contributed by atoms with Crippen molar-refractivity contribution in [2.45, 2.75) is 31.7 Å². The van der Waals surface area contributed by atoms with E-state index in [1.165, 1.54) is 18.4 Å². The molecule has 1 saturated carbocycles. The smallest absolute Gasteiger partial charge is 0.00705 e. The molecule has 1 aliphatic rings. The van der Waals surface area contributed by atoms with Crippen molar-refractivity contribution in [3.63, 3.8) is 0 Å². The molecule has 2 rings (SSSR count). The molecule has 3 atom stereocenters. The Kier molecular flexibility index (Phi) is 2.36. The molecule has 0 aromatic heterocycles. The maximum absolute atomic E-state index is 6.01. The van der Waals surface area contributed by atoms with Crippen LogP contribution in [0.15, 0.2) is 30.3 Å². The molecule has 0 bridgehead atoms. The van der Waals surface area contributed by atoms with E-state index in [2.05, 4.69) is 37.3 Å². The number of benzene rings is 1. The van der Waals surface area contributed by atoms with Crippen LogP contribution < -0.4 is 5.73 Å². The van der Waals surface area contributed by atoms with Gasteiger partial charge in [0.05, 0.1) is 0 Å². The summed E-state index contributed by atoms with van der Waals surface area (Å²) in [6.45, 7) is 2.27. The third-order valence-electron chi connectivity index (χ3n) is 3.35. The predicted molar refractivity (Wildman–Crippen MR) is 55.6 cm³/mol. The van der Waals surface area contributed by atoms with Crippen LogP contribution in [-0.2, 0) is 0 Å². The largest absolute Gasteiger partial charge is 0.327 e. The molecule has 0 saturated heterocycles. The Hall–Kier alpha value is -0.820. The Balaban J connectivity index is 2.19. The van der Waals surface area contributed by atoms with Gasteiger partial charge >= 0.3 is 0 Å². The lowest BCUT2D eigenvalue weighted by Gasteiger charge is -2.18. The first-order valence-electron chi connectivity index (χ1n) is 5.09. The van der Waals surface area contributed by atoms with Crippen molar-refractivity contribution < 1.29 is 0 Å². The average Bonchev–Trinajstić information content (AvgIpc) is 2.49. The summed E-state index contributed by atoms with van der Waals surface area (Å²) in [7, 11) is 0. The topological polar surface area (TPSA) is 26.0 Å². The van der Waals surface area contributed by atoms with Crippen LogP contribution in [0.5, 0.6) is 0 Å². The van der Waals surface area contributed by atoms with Crippen LogP contribution >= 0.6 is 0 Å². The molecule has 1 aromatic rings. The van der Waals surface area contributed by atoms with Crippen molar-refractivity contribution >= 4 is 0 Å². The molecule has 1 aliphatic carbocycles. The van der Waals surface area contributed by atoms with Crippen LogP contribution in [0, 0.1) is 5.92 Å². The molecular formula is C12H17N. The lowest BCUT2D eigenvalue weighted by molar-refractivity contribution is 0.479. The molecule has 0 amide bonds. The highest BCUT2D eigenvalue weighted by atomic mass is 14.7. The second kappa shape index (κ2) is 3.51. The van der Waals surface area contributed by atoms with Gasteiger partial charge in [0.15, 0.2) is 0 Å². The Bertz CT molecular complexity index is 268. The van der Waals surface area contributed by atoms with E-state index < -0.39 is 0 Å². The molecule has 1 fully saturated rings. The van der Waals surface area contributed by atoms with Gasteiger partial charge in [0.1, 0.15) is 0 Å². The van der Waals surface area contributed by atoms with E-state index in [0.29, 0.717) is 17.9 Å². The summed E-state index contributed by atoms with van der Waals surface area (Å²) in [4.78, 5) is 0. The first-order valence-corrected chi connectivity index (χ1v) is 5.09. The molecule has 1 heteroatoms. The van der Waals surface area contributed by atoms with E-state index in [0.717, 1.165) is 0 Å². The fraction of sp³-hybridized carbons (Fsp3) is 0.500. The standard InChI is InChI=1S/C12H17N/c1-9-11(7-8-12(9)13)10-5-3-2-4-6-10/h2-6,9,11-12H,7-8,13H2,1H3. The fourth-order valence-corrected chi connectivity index (χ4v) is 2.37. The number of rotatable bonds is 1. The quantitative estimate of drug-likeness (QED) is 0.697. The number of hydrogen-bond donors (Lipinski definition) is 1. The second-order valence-corrected chi connectivity index (χ2v) is 4.12. The van der Waals surface area contributed by atoms with Gasteiger partial charge in [-0.25, -0.2) is 0 Å². The minimum atomic E-state index is 0.408. The maximum atomic E-state index is 6.01. The first-order chi connectivity index (χ1) is 6.29. The monoisotopic (exact) mass is 175 g/mol. The highest BCUT2D eigenvalue weighted by molar-refractivity contribution is 5.22. The Morgan fingerprint density at radius 3 is 2.38 bits per heavy atom. The van der Waals surface area contributed by atoms with Gasteiger partial charge in [-0.3, -0.25) is 0 Å². The summed E-state index contributed by atoms with van der Waals surface area (Å²) in [6, 6.07) is 11.2. The van der Waals surface area contributed by atoms with Gasteiger partial charge in [-0.05, 0) is 30.2 Å². The van der Waals surface area contributed by atoms with Crippen LogP contribution in [-0.4, -0.2) is 6.04 Å². The molecule has 13 heavy (non-hydrogen) atoms. The second-order valence-electron chi connectivity index (χ2n) is 4.12. The third-order valence-corrected chi connectivity index (χ3v) is 3.35. The van der Waals surface area contributed by atoms with E-state index in [4.69, 9.17) is 5.73 Å². The molecule has 0 spiro atoms. The molecule has 70 valence electrons. The Labute approximate surface area is 80.0 Å². The summed E-state index contributed by atoms with van der Waals surface area (Å²) in [5, 5.41) is 0. The zero-order chi connectivity index (χ0) is 9.26. The van der Waals surface area contributed by atoms with Crippen molar-refractivity contribution in [2.75, 3.05) is 0 Å². The predicted octanol–water partition coefficient (Wildman–Crippen LogP) is 2.53. The maximum Gasteiger partial charge on any atom is 0.00705 e. The number of nitrogens with two attached hydrogens (primary N) is 1. The molecule has 0 heterocycles. The van der Waals surface area contributed by atoms with Crippen LogP contribution in [0.2, 0.25) is 0 Å². The van der Waals surface area contributed by atoms with Crippen molar-refractivity contribution in [1.29, 1.82) is 0 Å². The van der Waals surface area contributed by atoms with Crippen molar-refractivity contribution in [2.24, 2.45) is 11.7 Å². The van der Waals surface area contributed by atoms with Gasteiger partial charge in [0, 0.05) is 6.04 Å². The van der Waals surface area contributed by atoms with Gasteiger partial charge in [-0.15, -0.1) is 0 Å². The van der Waals surface area contributed by atoms with Gasteiger partial charge < -0.3 is 5.73 Å². The van der Waals surface area contributed by atoms with Crippen molar-refractivity contribution in [3.8, 4) is 0 Å². The zero-order valence-electron chi connectivity index (χ0n) is 8.11. The summed E-state index contributed by atoms with van der Waals surface area (Å²) in [5.41, 5.74) is 7.47. The summed E-state index contributed by atoms with van der Waals surface area (Å²) >= 11 is 0. The summed E-state index contributed by atoms with van der Waals surface area (Å²) in [6.07, 6.45) is 2.44. The van der Waals surface area contributed by atoms with Crippen molar-refractivity contribution in [1.82, 2.24) is 0 Å². The lowest BCUT2D eigenvalue weighted by atomic mass is 9.89. The molecule has 2 N–H and O–H groups in total. The van der Waals surface area contributed by atoms with Crippen LogP contribution in [0.25, 0.3) is 0 Å². The highest BCUT2D eigenvalue weighted by Gasteiger charge is 2.30. The molecule has 1 nitrogen and oxygen atoms in total. The van der Waals surface area contributed by atoms with Gasteiger partial charge in [0.25, 0.3) is 0 Å². The molecule has 0 radical (unpaired) electrons. The molecular weight excluding hydrogens is 158 g/mol. The average molecular weight is 175 g/mol. The van der Waals surface area contributed by atoms with Gasteiger partial charge in [0.2, 0.25) is 0 Å².